The lowest BCUT2D eigenvalue weighted by molar-refractivity contribution is 0.0735. The number of rotatable bonds is 0. The zero-order valence-corrected chi connectivity index (χ0v) is 12.6. The molecule has 14 heavy (non-hydrogen) atoms. The highest BCUT2D eigenvalue weighted by atomic mass is 127. The molecular formula is C7H6ClI2NO2S. The third-order valence-corrected chi connectivity index (χ3v) is 5.27. The minimum Gasteiger partial charge on any atom is -0.383 e. The molecule has 0 saturated heterocycles. The topological polar surface area (TPSA) is 63.3 Å². The molecule has 1 aromatic rings. The van der Waals surface area contributed by atoms with Crippen LogP contribution in [0.15, 0.2) is 0 Å². The lowest BCUT2D eigenvalue weighted by Crippen LogP contribution is -2.26. The molecule has 0 aromatic carbocycles. The Labute approximate surface area is 118 Å². The number of Topliss-reactive ketones (excluding diaryl/α,β-unsaturated/α-hetero) is 1. The average Bonchev–Trinajstić information content (AvgIpc) is 2.47. The zero-order chi connectivity index (χ0) is 9.75. The average molecular weight is 457 g/mol. The largest absolute Gasteiger partial charge is 0.383 e. The number of aliphatic hydroxyl groups excluding tert-OH is 1. The summed E-state index contributed by atoms with van der Waals surface area (Å²) in [4.78, 5) is 11.5. The Morgan fingerprint density at radius 1 is 1.36 bits per heavy atom. The van der Waals surface area contributed by atoms with Crippen LogP contribution >= 0.6 is 68.9 Å². The van der Waals surface area contributed by atoms with Crippen LogP contribution in [0.5, 0.6) is 0 Å². The van der Waals surface area contributed by atoms with Crippen LogP contribution in [0.25, 0.3) is 0 Å². The molecule has 1 aliphatic rings. The van der Waals surface area contributed by atoms with E-state index in [1.54, 1.807) is 11.3 Å². The molecule has 1 heterocycles. The maximum Gasteiger partial charge on any atom is 0.195 e. The van der Waals surface area contributed by atoms with Gasteiger partial charge in [-0.05, 0) is 45.2 Å². The van der Waals surface area contributed by atoms with E-state index in [1.165, 1.54) is 0 Å². The van der Waals surface area contributed by atoms with Crippen molar-refractivity contribution in [3.8, 4) is 0 Å². The van der Waals surface area contributed by atoms with Gasteiger partial charge in [0, 0.05) is 5.56 Å². The molecule has 3 N–H and O–H groups in total. The Morgan fingerprint density at radius 2 is 1.93 bits per heavy atom. The monoisotopic (exact) mass is 457 g/mol. The van der Waals surface area contributed by atoms with Crippen LogP contribution < -0.4 is 5.73 Å². The van der Waals surface area contributed by atoms with E-state index in [-0.39, 0.29) is 18.2 Å². The zero-order valence-electron chi connectivity index (χ0n) is 6.66. The Bertz CT molecular complexity index is 395. The van der Waals surface area contributed by atoms with E-state index in [4.69, 9.17) is 5.73 Å². The van der Waals surface area contributed by atoms with Crippen molar-refractivity contribution >= 4 is 74.7 Å². The van der Waals surface area contributed by atoms with Gasteiger partial charge in [0.25, 0.3) is 0 Å². The van der Waals surface area contributed by atoms with E-state index >= 15 is 0 Å². The summed E-state index contributed by atoms with van der Waals surface area (Å²) in [6.07, 6.45) is -1.04. The van der Waals surface area contributed by atoms with Gasteiger partial charge in [0.2, 0.25) is 0 Å². The number of nitrogens with two attached hydrogens (primary N) is 1. The molecule has 1 aromatic heterocycles. The van der Waals surface area contributed by atoms with Gasteiger partial charge >= 0.3 is 0 Å². The molecule has 0 fully saturated rings. The Morgan fingerprint density at radius 3 is 2.43 bits per heavy atom. The van der Waals surface area contributed by atoms with Crippen molar-refractivity contribution in [2.45, 2.75) is 12.1 Å². The predicted octanol–water partition coefficient (Wildman–Crippen LogP) is 1.94. The molecular weight excluding hydrogens is 451 g/mol. The fourth-order valence-corrected chi connectivity index (χ4v) is 5.97. The van der Waals surface area contributed by atoms with Crippen LogP contribution in [-0.2, 0) is 0 Å². The van der Waals surface area contributed by atoms with Gasteiger partial charge in [-0.25, -0.2) is 0 Å². The van der Waals surface area contributed by atoms with Gasteiger partial charge in [-0.15, -0.1) is 23.7 Å². The molecule has 0 saturated carbocycles. The normalized spacial score (nSPS) is 24.7. The van der Waals surface area contributed by atoms with Gasteiger partial charge in [-0.2, -0.15) is 0 Å². The molecule has 0 spiro atoms. The second-order valence-corrected chi connectivity index (χ2v) is 7.42. The number of carbonyl (C=O) groups excluding carboxylic acids is 1. The third kappa shape index (κ3) is 1.73. The second-order valence-electron chi connectivity index (χ2n) is 2.77. The smallest absolute Gasteiger partial charge is 0.195 e. The maximum absolute atomic E-state index is 11.5. The molecule has 7 heteroatoms. The number of hydrogen-bond donors (Lipinski definition) is 2. The first-order valence-corrected chi connectivity index (χ1v) is 6.47. The molecule has 0 radical (unpaired) electrons. The first-order valence-electron chi connectivity index (χ1n) is 3.49. The number of aliphatic hydroxyl groups is 1. The van der Waals surface area contributed by atoms with E-state index in [1.807, 2.05) is 0 Å². The second kappa shape index (κ2) is 4.50. The van der Waals surface area contributed by atoms with E-state index in [9.17, 15) is 9.90 Å². The van der Waals surface area contributed by atoms with E-state index in [2.05, 4.69) is 45.2 Å². The first-order chi connectivity index (χ1) is 6.04. The van der Waals surface area contributed by atoms with Crippen molar-refractivity contribution in [3.63, 3.8) is 0 Å². The van der Waals surface area contributed by atoms with Crippen LogP contribution in [0.1, 0.15) is 22.0 Å². The maximum atomic E-state index is 11.5. The van der Waals surface area contributed by atoms with Crippen LogP contribution in [0, 0.1) is 5.77 Å². The highest BCUT2D eigenvalue weighted by Crippen LogP contribution is 2.41. The van der Waals surface area contributed by atoms with Crippen molar-refractivity contribution in [3.05, 3.63) is 16.9 Å². The number of halogens is 3. The molecule has 0 bridgehead atoms. The molecule has 0 aliphatic heterocycles. The molecule has 2 rings (SSSR count). The van der Waals surface area contributed by atoms with Crippen molar-refractivity contribution in [2.75, 3.05) is 0 Å². The lowest BCUT2D eigenvalue weighted by atomic mass is 10.2. The molecule has 2 atom stereocenters. The molecule has 0 amide bonds. The van der Waals surface area contributed by atoms with Crippen molar-refractivity contribution in [1.29, 1.82) is 0 Å². The highest BCUT2D eigenvalue weighted by Gasteiger charge is 2.40. The van der Waals surface area contributed by atoms with Gasteiger partial charge in [-0.1, -0.05) is 0 Å². The van der Waals surface area contributed by atoms with Gasteiger partial charge in [0.1, 0.15) is 6.10 Å². The summed E-state index contributed by atoms with van der Waals surface area (Å²) >= 11 is 5.80. The van der Waals surface area contributed by atoms with Gasteiger partial charge in [0.05, 0.1) is 17.4 Å². The fourth-order valence-electron chi connectivity index (χ4n) is 1.38. The lowest BCUT2D eigenvalue weighted by Gasteiger charge is -2.07. The molecule has 1 aliphatic carbocycles. The van der Waals surface area contributed by atoms with E-state index in [0.717, 1.165) is 11.3 Å². The van der Waals surface area contributed by atoms with Gasteiger partial charge in [0.15, 0.2) is 5.78 Å². The molecule has 3 nitrogen and oxygen atoms in total. The molecule has 0 unspecified atom stereocenters. The predicted molar refractivity (Wildman–Crippen MR) is 74.3 cm³/mol. The minimum absolute atomic E-state index is 0. The third-order valence-electron chi connectivity index (χ3n) is 2.05. The number of fused-ring (bicyclic) bond motifs is 1. The summed E-state index contributed by atoms with van der Waals surface area (Å²) in [5.74, 6) is -0.230. The number of thiophene rings is 1. The first kappa shape index (κ1) is 13.1. The van der Waals surface area contributed by atoms with Crippen molar-refractivity contribution in [2.24, 2.45) is 5.73 Å². The fraction of sp³-hybridized carbons (Fsp3) is 0.286. The van der Waals surface area contributed by atoms with E-state index < -0.39 is 12.1 Å². The van der Waals surface area contributed by atoms with E-state index in [0.29, 0.717) is 5.56 Å². The Balaban J connectivity index is 0.000000980. The minimum atomic E-state index is -1.04. The van der Waals surface area contributed by atoms with Crippen molar-refractivity contribution in [1.82, 2.24) is 0 Å². The summed E-state index contributed by atoms with van der Waals surface area (Å²) in [6, 6.07) is -0.533. The molecule has 78 valence electrons. The SMILES string of the molecule is Cl.N[C@@H]1c2c(I)sc(I)c2C(=O)[C@@H]1O. The van der Waals surface area contributed by atoms with Crippen LogP contribution in [-0.4, -0.2) is 17.0 Å². The van der Waals surface area contributed by atoms with Crippen LogP contribution in [0.4, 0.5) is 0 Å². The highest BCUT2D eigenvalue weighted by molar-refractivity contribution is 14.1. The summed E-state index contributed by atoms with van der Waals surface area (Å²) in [7, 11) is 0. The van der Waals surface area contributed by atoms with Gasteiger partial charge < -0.3 is 10.8 Å². The summed E-state index contributed by atoms with van der Waals surface area (Å²) in [6.45, 7) is 0. The number of ketones is 1. The standard InChI is InChI=1S/C7H5I2NO2S.ClH/c8-6-1-2(7(9)13-6)4(11)5(12)3(1)10;/h3,5,12H,10H2;1H/t3-,5-;/m1./s1. The number of carbonyl (C=O) groups is 1. The Kier molecular flexibility index (Phi) is 4.21. The number of hydrogen-bond acceptors (Lipinski definition) is 4. The quantitative estimate of drug-likeness (QED) is 0.586. The summed E-state index contributed by atoms with van der Waals surface area (Å²) in [5.41, 5.74) is 7.18. The van der Waals surface area contributed by atoms with Gasteiger partial charge in [-0.3, -0.25) is 4.79 Å². The summed E-state index contributed by atoms with van der Waals surface area (Å²) < 4.78 is 1.93. The van der Waals surface area contributed by atoms with Crippen LogP contribution in [0.2, 0.25) is 0 Å². The summed E-state index contributed by atoms with van der Waals surface area (Å²) in [5, 5.41) is 9.45. The van der Waals surface area contributed by atoms with Crippen LogP contribution in [0.3, 0.4) is 0 Å². The van der Waals surface area contributed by atoms with Crippen molar-refractivity contribution < 1.29 is 9.90 Å². The Hall–Kier alpha value is 1.04.